The highest BCUT2D eigenvalue weighted by molar-refractivity contribution is 7.71. The molecule has 30 heavy (non-hydrogen) atoms. The van der Waals surface area contributed by atoms with Crippen LogP contribution in [0, 0.1) is 4.77 Å². The van der Waals surface area contributed by atoms with Crippen LogP contribution in [0.4, 0.5) is 5.69 Å². The third-order valence-corrected chi connectivity index (χ3v) is 5.29. The van der Waals surface area contributed by atoms with Crippen LogP contribution < -0.4 is 10.9 Å². The maximum Gasteiger partial charge on any atom is 0.266 e. The van der Waals surface area contributed by atoms with Gasteiger partial charge in [0.15, 0.2) is 4.77 Å². The van der Waals surface area contributed by atoms with Gasteiger partial charge in [-0.05, 0) is 66.2 Å². The van der Waals surface area contributed by atoms with E-state index < -0.39 is 0 Å². The van der Waals surface area contributed by atoms with Crippen molar-refractivity contribution in [3.8, 4) is 5.69 Å². The molecule has 1 amide bonds. The largest absolute Gasteiger partial charge is 0.331 e. The summed E-state index contributed by atoms with van der Waals surface area (Å²) in [7, 11) is 0. The highest BCUT2D eigenvalue weighted by Crippen LogP contribution is 2.19. The molecule has 0 radical (unpaired) electrons. The number of carbonyl (C=O) groups excluding carboxylic acids is 1. The highest BCUT2D eigenvalue weighted by Gasteiger charge is 2.12. The van der Waals surface area contributed by atoms with Gasteiger partial charge in [-0.3, -0.25) is 14.2 Å². The SMILES string of the molecule is CC(C)c1ccc(NC(=O)c2ccc3c(=O)n(-c4ccccc4)c(=S)[nH]c3c2)cc1. The summed E-state index contributed by atoms with van der Waals surface area (Å²) in [4.78, 5) is 28.8. The lowest BCUT2D eigenvalue weighted by Gasteiger charge is -2.10. The number of hydrogen-bond donors (Lipinski definition) is 2. The summed E-state index contributed by atoms with van der Waals surface area (Å²) in [5.41, 5.74) is 3.37. The molecule has 0 saturated heterocycles. The summed E-state index contributed by atoms with van der Waals surface area (Å²) in [5, 5.41) is 3.36. The molecule has 0 spiro atoms. The van der Waals surface area contributed by atoms with Crippen LogP contribution in [-0.4, -0.2) is 15.5 Å². The number of benzene rings is 3. The van der Waals surface area contributed by atoms with E-state index >= 15 is 0 Å². The van der Waals surface area contributed by atoms with Gasteiger partial charge in [-0.15, -0.1) is 0 Å². The molecule has 2 N–H and O–H groups in total. The number of para-hydroxylation sites is 1. The van der Waals surface area contributed by atoms with Gasteiger partial charge in [0.2, 0.25) is 0 Å². The zero-order valence-corrected chi connectivity index (χ0v) is 17.5. The lowest BCUT2D eigenvalue weighted by molar-refractivity contribution is 0.102. The van der Waals surface area contributed by atoms with Gasteiger partial charge in [-0.2, -0.15) is 0 Å². The minimum atomic E-state index is -0.249. The molecule has 0 fully saturated rings. The number of H-pyrrole nitrogens is 1. The van der Waals surface area contributed by atoms with Crippen molar-refractivity contribution in [2.45, 2.75) is 19.8 Å². The topological polar surface area (TPSA) is 66.9 Å². The van der Waals surface area contributed by atoms with Crippen LogP contribution in [0.5, 0.6) is 0 Å². The first-order valence-corrected chi connectivity index (χ1v) is 10.1. The van der Waals surface area contributed by atoms with E-state index in [0.717, 1.165) is 5.69 Å². The van der Waals surface area contributed by atoms with Crippen molar-refractivity contribution in [1.82, 2.24) is 9.55 Å². The monoisotopic (exact) mass is 415 g/mol. The first-order chi connectivity index (χ1) is 14.4. The summed E-state index contributed by atoms with van der Waals surface area (Å²) < 4.78 is 1.73. The average molecular weight is 416 g/mol. The van der Waals surface area contributed by atoms with Crippen molar-refractivity contribution in [3.05, 3.63) is 99.0 Å². The summed E-state index contributed by atoms with van der Waals surface area (Å²) in [6.45, 7) is 4.25. The molecule has 0 saturated carbocycles. The minimum Gasteiger partial charge on any atom is -0.331 e. The molecule has 5 nitrogen and oxygen atoms in total. The number of nitrogens with zero attached hydrogens (tertiary/aromatic N) is 1. The lowest BCUT2D eigenvalue weighted by atomic mass is 10.0. The first-order valence-electron chi connectivity index (χ1n) is 9.70. The van der Waals surface area contributed by atoms with Gasteiger partial charge in [-0.25, -0.2) is 0 Å². The third-order valence-electron chi connectivity index (χ3n) is 5.01. The highest BCUT2D eigenvalue weighted by atomic mass is 32.1. The number of aromatic nitrogens is 2. The Labute approximate surface area is 179 Å². The zero-order chi connectivity index (χ0) is 21.3. The minimum absolute atomic E-state index is 0.226. The first kappa shape index (κ1) is 19.8. The number of anilines is 1. The van der Waals surface area contributed by atoms with E-state index in [4.69, 9.17) is 12.2 Å². The Balaban J connectivity index is 1.67. The maximum atomic E-state index is 13.0. The van der Waals surface area contributed by atoms with Crippen molar-refractivity contribution in [1.29, 1.82) is 0 Å². The number of carbonyl (C=O) groups is 1. The molecule has 4 aromatic rings. The molecule has 0 atom stereocenters. The van der Waals surface area contributed by atoms with Crippen molar-refractivity contribution in [3.63, 3.8) is 0 Å². The third kappa shape index (κ3) is 3.82. The number of nitrogens with one attached hydrogen (secondary N) is 2. The van der Waals surface area contributed by atoms with Crippen molar-refractivity contribution >= 4 is 34.7 Å². The number of aromatic amines is 1. The molecule has 0 aliphatic carbocycles. The van der Waals surface area contributed by atoms with E-state index in [2.05, 4.69) is 24.1 Å². The van der Waals surface area contributed by atoms with E-state index in [-0.39, 0.29) is 16.2 Å². The van der Waals surface area contributed by atoms with E-state index in [1.54, 1.807) is 18.2 Å². The quantitative estimate of drug-likeness (QED) is 0.437. The second kappa shape index (κ2) is 8.08. The van der Waals surface area contributed by atoms with Gasteiger partial charge in [0.1, 0.15) is 0 Å². The Morgan fingerprint density at radius 2 is 1.70 bits per heavy atom. The van der Waals surface area contributed by atoms with Crippen LogP contribution in [0.1, 0.15) is 35.7 Å². The summed E-state index contributed by atoms with van der Waals surface area (Å²) in [5.74, 6) is 0.180. The van der Waals surface area contributed by atoms with Crippen LogP contribution in [0.25, 0.3) is 16.6 Å². The second-order valence-corrected chi connectivity index (χ2v) is 7.78. The fraction of sp³-hybridized carbons (Fsp3) is 0.125. The van der Waals surface area contributed by atoms with Gasteiger partial charge < -0.3 is 10.3 Å². The van der Waals surface area contributed by atoms with Gasteiger partial charge in [-0.1, -0.05) is 44.2 Å². The molecule has 0 unspecified atom stereocenters. The molecule has 0 bridgehead atoms. The predicted molar refractivity (Wildman–Crippen MR) is 123 cm³/mol. The molecule has 1 aromatic heterocycles. The van der Waals surface area contributed by atoms with Gasteiger partial charge in [0.05, 0.1) is 16.6 Å². The van der Waals surface area contributed by atoms with Crippen LogP contribution in [0.2, 0.25) is 0 Å². The van der Waals surface area contributed by atoms with E-state index in [1.807, 2.05) is 54.6 Å². The van der Waals surface area contributed by atoms with Gasteiger partial charge in [0.25, 0.3) is 11.5 Å². The normalized spacial score (nSPS) is 11.0. The Kier molecular flexibility index (Phi) is 5.33. The van der Waals surface area contributed by atoms with Crippen LogP contribution >= 0.6 is 12.2 Å². The summed E-state index contributed by atoms with van der Waals surface area (Å²) in [6, 6.07) is 22.0. The zero-order valence-electron chi connectivity index (χ0n) is 16.7. The number of amides is 1. The van der Waals surface area contributed by atoms with Crippen LogP contribution in [0.15, 0.2) is 77.6 Å². The maximum absolute atomic E-state index is 13.0. The average Bonchev–Trinajstić information content (AvgIpc) is 2.74. The van der Waals surface area contributed by atoms with Crippen molar-refractivity contribution in [2.75, 3.05) is 5.32 Å². The number of hydrogen-bond acceptors (Lipinski definition) is 3. The molecular formula is C24H21N3O2S. The van der Waals surface area contributed by atoms with Crippen LogP contribution in [0.3, 0.4) is 0 Å². The predicted octanol–water partition coefficient (Wildman–Crippen LogP) is 5.42. The molecule has 150 valence electrons. The van der Waals surface area contributed by atoms with E-state index in [0.29, 0.717) is 28.1 Å². The molecule has 4 rings (SSSR count). The van der Waals surface area contributed by atoms with Gasteiger partial charge in [0, 0.05) is 11.3 Å². The Morgan fingerprint density at radius 3 is 2.37 bits per heavy atom. The Morgan fingerprint density at radius 1 is 1.00 bits per heavy atom. The molecule has 0 aliphatic heterocycles. The van der Waals surface area contributed by atoms with E-state index in [9.17, 15) is 9.59 Å². The van der Waals surface area contributed by atoms with Crippen molar-refractivity contribution in [2.24, 2.45) is 0 Å². The molecule has 3 aromatic carbocycles. The number of rotatable bonds is 4. The lowest BCUT2D eigenvalue weighted by Crippen LogP contribution is -2.21. The Hall–Kier alpha value is -3.51. The summed E-state index contributed by atoms with van der Waals surface area (Å²) >= 11 is 5.40. The smallest absolute Gasteiger partial charge is 0.266 e. The fourth-order valence-corrected chi connectivity index (χ4v) is 3.62. The fourth-order valence-electron chi connectivity index (χ4n) is 3.33. The molecule has 0 aliphatic rings. The molecule has 6 heteroatoms. The van der Waals surface area contributed by atoms with Crippen molar-refractivity contribution < 1.29 is 4.79 Å². The molecule has 1 heterocycles. The molecular weight excluding hydrogens is 394 g/mol. The standard InChI is InChI=1S/C24H21N3O2S/c1-15(2)16-8-11-18(12-9-16)25-22(28)17-10-13-20-21(14-17)26-24(30)27(23(20)29)19-6-4-3-5-7-19/h3-15H,1-2H3,(H,25,28)(H,26,30). The Bertz CT molecular complexity index is 1340. The van der Waals surface area contributed by atoms with Crippen LogP contribution in [-0.2, 0) is 0 Å². The van der Waals surface area contributed by atoms with E-state index in [1.165, 1.54) is 10.1 Å². The summed E-state index contributed by atoms with van der Waals surface area (Å²) in [6.07, 6.45) is 0. The van der Waals surface area contributed by atoms with Gasteiger partial charge >= 0.3 is 0 Å². The second-order valence-electron chi connectivity index (χ2n) is 7.40. The number of fused-ring (bicyclic) bond motifs is 1.